The lowest BCUT2D eigenvalue weighted by Crippen LogP contribution is -2.27. The minimum absolute atomic E-state index is 0.804. The quantitative estimate of drug-likeness (QED) is 0.642. The number of fused-ring (bicyclic) bond motifs is 2. The molecule has 15 heavy (non-hydrogen) atoms. The van der Waals surface area contributed by atoms with E-state index in [0.717, 1.165) is 12.6 Å². The Morgan fingerprint density at radius 3 is 3.20 bits per heavy atom. The predicted octanol–water partition coefficient (Wildman–Crippen LogP) is 1.70. The molecule has 2 aliphatic heterocycles. The van der Waals surface area contributed by atoms with Crippen molar-refractivity contribution in [2.75, 3.05) is 6.54 Å². The van der Waals surface area contributed by atoms with E-state index in [4.69, 9.17) is 0 Å². The molecule has 3 heteroatoms. The minimum atomic E-state index is 0.804. The van der Waals surface area contributed by atoms with Gasteiger partial charge in [0, 0.05) is 18.3 Å². The highest BCUT2D eigenvalue weighted by Gasteiger charge is 2.28. The molecule has 1 fully saturated rings. The molecule has 1 aromatic rings. The molecule has 1 atom stereocenters. The second kappa shape index (κ2) is 3.56. The zero-order valence-corrected chi connectivity index (χ0v) is 9.24. The molecule has 3 nitrogen and oxygen atoms in total. The Morgan fingerprint density at radius 1 is 1.33 bits per heavy atom. The number of hydrogen-bond donors (Lipinski definition) is 0. The van der Waals surface area contributed by atoms with Gasteiger partial charge in [-0.05, 0) is 44.7 Å². The summed E-state index contributed by atoms with van der Waals surface area (Å²) < 4.78 is 0. The third-order valence-electron chi connectivity index (χ3n) is 3.83. The Morgan fingerprint density at radius 2 is 2.27 bits per heavy atom. The van der Waals surface area contributed by atoms with Gasteiger partial charge in [0.25, 0.3) is 0 Å². The molecule has 0 amide bonds. The van der Waals surface area contributed by atoms with Crippen LogP contribution in [0.3, 0.4) is 0 Å². The van der Waals surface area contributed by atoms with Crippen molar-refractivity contribution in [2.24, 2.45) is 0 Å². The van der Waals surface area contributed by atoms with E-state index in [-0.39, 0.29) is 0 Å². The number of nitrogens with zero attached hydrogens (tertiary/aromatic N) is 3. The molecule has 2 aliphatic rings. The molecule has 3 rings (SSSR count). The first-order chi connectivity index (χ1) is 7.34. The Balaban J connectivity index is 1.97. The van der Waals surface area contributed by atoms with Crippen LogP contribution in [-0.4, -0.2) is 27.5 Å². The Hall–Kier alpha value is -0.960. The molecule has 1 saturated heterocycles. The number of aromatic nitrogens is 2. The molecule has 0 N–H and O–H groups in total. The van der Waals surface area contributed by atoms with Crippen molar-refractivity contribution in [2.45, 2.75) is 45.2 Å². The topological polar surface area (TPSA) is 29.0 Å². The average molecular weight is 203 g/mol. The maximum absolute atomic E-state index is 4.45. The fourth-order valence-corrected chi connectivity index (χ4v) is 2.94. The number of hydrogen-bond acceptors (Lipinski definition) is 3. The monoisotopic (exact) mass is 203 g/mol. The molecular formula is C12H17N3. The van der Waals surface area contributed by atoms with E-state index < -0.39 is 0 Å². The molecular weight excluding hydrogens is 186 g/mol. The van der Waals surface area contributed by atoms with Crippen molar-refractivity contribution in [1.29, 1.82) is 0 Å². The van der Waals surface area contributed by atoms with Crippen LogP contribution >= 0.6 is 0 Å². The van der Waals surface area contributed by atoms with E-state index in [0.29, 0.717) is 0 Å². The third-order valence-corrected chi connectivity index (χ3v) is 3.83. The van der Waals surface area contributed by atoms with Crippen molar-refractivity contribution < 1.29 is 0 Å². The van der Waals surface area contributed by atoms with Gasteiger partial charge in [-0.1, -0.05) is 0 Å². The summed E-state index contributed by atoms with van der Waals surface area (Å²) in [5.41, 5.74) is 3.86. The molecule has 1 aromatic heterocycles. The maximum Gasteiger partial charge on any atom is 0.115 e. The number of aryl methyl sites for hydroxylation is 1. The summed E-state index contributed by atoms with van der Waals surface area (Å²) in [6, 6.07) is 0.804. The summed E-state index contributed by atoms with van der Waals surface area (Å²) >= 11 is 0. The van der Waals surface area contributed by atoms with Crippen LogP contribution in [0.15, 0.2) is 6.33 Å². The summed E-state index contributed by atoms with van der Waals surface area (Å²) in [6.07, 6.45) is 6.92. The highest BCUT2D eigenvalue weighted by atomic mass is 15.2. The van der Waals surface area contributed by atoms with Gasteiger partial charge >= 0.3 is 0 Å². The summed E-state index contributed by atoms with van der Waals surface area (Å²) in [7, 11) is 0. The van der Waals surface area contributed by atoms with Crippen molar-refractivity contribution in [3.05, 3.63) is 23.3 Å². The first kappa shape index (κ1) is 9.28. The van der Waals surface area contributed by atoms with Crippen LogP contribution < -0.4 is 0 Å². The molecule has 3 heterocycles. The zero-order valence-electron chi connectivity index (χ0n) is 9.24. The van der Waals surface area contributed by atoms with Gasteiger partial charge in [-0.25, -0.2) is 9.97 Å². The van der Waals surface area contributed by atoms with Gasteiger partial charge in [-0.2, -0.15) is 0 Å². The second-order valence-electron chi connectivity index (χ2n) is 4.69. The lowest BCUT2D eigenvalue weighted by Gasteiger charge is -2.20. The van der Waals surface area contributed by atoms with Gasteiger partial charge in [0.2, 0.25) is 0 Å². The summed E-state index contributed by atoms with van der Waals surface area (Å²) in [4.78, 5) is 11.3. The average Bonchev–Trinajstić information content (AvgIpc) is 2.58. The van der Waals surface area contributed by atoms with E-state index >= 15 is 0 Å². The van der Waals surface area contributed by atoms with Crippen LogP contribution in [0, 0.1) is 6.92 Å². The third kappa shape index (κ3) is 1.55. The van der Waals surface area contributed by atoms with Gasteiger partial charge in [0.1, 0.15) is 6.33 Å². The largest absolute Gasteiger partial charge is 0.295 e. The second-order valence-corrected chi connectivity index (χ2v) is 4.69. The SMILES string of the molecule is Cc1ncnc2c1CCC1CCCN1C2. The van der Waals surface area contributed by atoms with Gasteiger partial charge < -0.3 is 0 Å². The molecule has 0 bridgehead atoms. The first-order valence-corrected chi connectivity index (χ1v) is 5.88. The molecule has 0 aliphatic carbocycles. The van der Waals surface area contributed by atoms with Crippen molar-refractivity contribution in [1.82, 2.24) is 14.9 Å². The van der Waals surface area contributed by atoms with Crippen molar-refractivity contribution in [3.8, 4) is 0 Å². The molecule has 0 aromatic carbocycles. The normalized spacial score (nSPS) is 25.8. The molecule has 0 saturated carbocycles. The van der Waals surface area contributed by atoms with E-state index in [1.54, 1.807) is 6.33 Å². The van der Waals surface area contributed by atoms with Gasteiger partial charge in [0.05, 0.1) is 5.69 Å². The fourth-order valence-electron chi connectivity index (χ4n) is 2.94. The number of rotatable bonds is 0. The van der Waals surface area contributed by atoms with Crippen molar-refractivity contribution >= 4 is 0 Å². The highest BCUT2D eigenvalue weighted by molar-refractivity contribution is 5.25. The first-order valence-electron chi connectivity index (χ1n) is 5.88. The highest BCUT2D eigenvalue weighted by Crippen LogP contribution is 2.28. The van der Waals surface area contributed by atoms with Crippen LogP contribution in [0.25, 0.3) is 0 Å². The zero-order chi connectivity index (χ0) is 10.3. The summed E-state index contributed by atoms with van der Waals surface area (Å²) in [5, 5.41) is 0. The molecule has 1 unspecified atom stereocenters. The standard InChI is InChI=1S/C12H17N3/c1-9-11-5-4-10-3-2-6-15(10)7-12(11)14-8-13-9/h8,10H,2-7H2,1H3. The lowest BCUT2D eigenvalue weighted by atomic mass is 10.0. The fraction of sp³-hybridized carbons (Fsp3) is 0.667. The van der Waals surface area contributed by atoms with E-state index in [1.165, 1.54) is 49.2 Å². The lowest BCUT2D eigenvalue weighted by molar-refractivity contribution is 0.241. The van der Waals surface area contributed by atoms with Gasteiger partial charge in [0.15, 0.2) is 0 Å². The molecule has 0 spiro atoms. The Bertz CT molecular complexity index is 375. The van der Waals surface area contributed by atoms with Crippen LogP contribution in [-0.2, 0) is 13.0 Å². The Labute approximate surface area is 90.5 Å². The van der Waals surface area contributed by atoms with Gasteiger partial charge in [-0.15, -0.1) is 0 Å². The smallest absolute Gasteiger partial charge is 0.115 e. The van der Waals surface area contributed by atoms with Gasteiger partial charge in [-0.3, -0.25) is 4.90 Å². The van der Waals surface area contributed by atoms with E-state index in [2.05, 4.69) is 21.8 Å². The van der Waals surface area contributed by atoms with Crippen LogP contribution in [0.4, 0.5) is 0 Å². The predicted molar refractivity (Wildman–Crippen MR) is 58.5 cm³/mol. The minimum Gasteiger partial charge on any atom is -0.295 e. The molecule has 0 radical (unpaired) electrons. The maximum atomic E-state index is 4.45. The van der Waals surface area contributed by atoms with Crippen LogP contribution in [0.2, 0.25) is 0 Å². The van der Waals surface area contributed by atoms with E-state index in [9.17, 15) is 0 Å². The van der Waals surface area contributed by atoms with Crippen LogP contribution in [0.1, 0.15) is 36.2 Å². The Kier molecular flexibility index (Phi) is 2.20. The summed E-state index contributed by atoms with van der Waals surface area (Å²) in [6.45, 7) is 4.41. The van der Waals surface area contributed by atoms with Crippen LogP contribution in [0.5, 0.6) is 0 Å². The summed E-state index contributed by atoms with van der Waals surface area (Å²) in [5.74, 6) is 0. The van der Waals surface area contributed by atoms with E-state index in [1.807, 2.05) is 0 Å². The van der Waals surface area contributed by atoms with Crippen molar-refractivity contribution in [3.63, 3.8) is 0 Å². The molecule has 80 valence electrons.